The van der Waals surface area contributed by atoms with Crippen LogP contribution in [0.15, 0.2) is 48.8 Å². The quantitative estimate of drug-likeness (QED) is 0.868. The van der Waals surface area contributed by atoms with Crippen molar-refractivity contribution in [1.82, 2.24) is 9.47 Å². The van der Waals surface area contributed by atoms with Gasteiger partial charge in [-0.3, -0.25) is 4.79 Å². The van der Waals surface area contributed by atoms with Gasteiger partial charge in [-0.1, -0.05) is 6.07 Å². The van der Waals surface area contributed by atoms with Crippen LogP contribution in [0.1, 0.15) is 29.2 Å². The topological polar surface area (TPSA) is 34.5 Å². The molecule has 1 aromatic carbocycles. The smallest absolute Gasteiger partial charge is 0.253 e. The van der Waals surface area contributed by atoms with Crippen LogP contribution in [0, 0.1) is 0 Å². The summed E-state index contributed by atoms with van der Waals surface area (Å²) in [6.07, 6.45) is 6.21. The van der Waals surface area contributed by atoms with E-state index in [0.717, 1.165) is 31.7 Å². The molecular formula is C17H20N2O2. The molecule has 0 atom stereocenters. The van der Waals surface area contributed by atoms with Gasteiger partial charge in [-0.25, -0.2) is 0 Å². The number of hydrogen-bond acceptors (Lipinski definition) is 2. The summed E-state index contributed by atoms with van der Waals surface area (Å²) in [5, 5.41) is 0. The van der Waals surface area contributed by atoms with Crippen molar-refractivity contribution in [3.05, 3.63) is 54.4 Å². The summed E-state index contributed by atoms with van der Waals surface area (Å²) in [5.74, 6) is 0.822. The van der Waals surface area contributed by atoms with Gasteiger partial charge in [0.15, 0.2) is 0 Å². The van der Waals surface area contributed by atoms with Crippen molar-refractivity contribution in [2.75, 3.05) is 20.2 Å². The van der Waals surface area contributed by atoms with E-state index < -0.39 is 0 Å². The predicted molar refractivity (Wildman–Crippen MR) is 81.6 cm³/mol. The molecule has 0 unspecified atom stereocenters. The van der Waals surface area contributed by atoms with Crippen LogP contribution < -0.4 is 4.74 Å². The first-order valence-corrected chi connectivity index (χ1v) is 7.34. The number of piperidine rings is 1. The molecule has 3 rings (SSSR count). The second-order valence-electron chi connectivity index (χ2n) is 5.39. The normalized spacial score (nSPS) is 16.0. The highest BCUT2D eigenvalue weighted by molar-refractivity contribution is 5.94. The number of methoxy groups -OCH3 is 1. The van der Waals surface area contributed by atoms with Crippen LogP contribution in [-0.4, -0.2) is 35.6 Å². The molecule has 4 heteroatoms. The maximum atomic E-state index is 12.5. The minimum absolute atomic E-state index is 0.0971. The molecule has 0 spiro atoms. The molecule has 0 saturated carbocycles. The molecule has 110 valence electrons. The van der Waals surface area contributed by atoms with Crippen molar-refractivity contribution in [1.29, 1.82) is 0 Å². The Bertz CT molecular complexity index is 599. The lowest BCUT2D eigenvalue weighted by Crippen LogP contribution is -2.38. The minimum Gasteiger partial charge on any atom is -0.497 e. The van der Waals surface area contributed by atoms with Crippen molar-refractivity contribution < 1.29 is 9.53 Å². The minimum atomic E-state index is 0.0971. The molecule has 1 aliphatic rings. The number of aromatic nitrogens is 1. The first-order valence-electron chi connectivity index (χ1n) is 7.34. The lowest BCUT2D eigenvalue weighted by Gasteiger charge is -2.32. The van der Waals surface area contributed by atoms with Crippen molar-refractivity contribution >= 4 is 5.91 Å². The lowest BCUT2D eigenvalue weighted by atomic mass is 10.0. The van der Waals surface area contributed by atoms with Crippen LogP contribution in [0.2, 0.25) is 0 Å². The molecule has 1 amide bonds. The molecule has 0 bridgehead atoms. The van der Waals surface area contributed by atoms with Gasteiger partial charge in [-0.2, -0.15) is 0 Å². The highest BCUT2D eigenvalue weighted by Gasteiger charge is 2.24. The van der Waals surface area contributed by atoms with Gasteiger partial charge in [0.25, 0.3) is 5.91 Å². The number of carbonyl (C=O) groups is 1. The molecular weight excluding hydrogens is 264 g/mol. The molecule has 1 fully saturated rings. The van der Waals surface area contributed by atoms with Crippen molar-refractivity contribution in [2.45, 2.75) is 18.9 Å². The number of amides is 1. The van der Waals surface area contributed by atoms with Gasteiger partial charge < -0.3 is 14.2 Å². The second-order valence-corrected chi connectivity index (χ2v) is 5.39. The van der Waals surface area contributed by atoms with Gasteiger partial charge in [-0.15, -0.1) is 0 Å². The highest BCUT2D eigenvalue weighted by Crippen LogP contribution is 2.24. The molecule has 1 saturated heterocycles. The van der Waals surface area contributed by atoms with Crippen LogP contribution in [0.4, 0.5) is 0 Å². The van der Waals surface area contributed by atoms with Crippen molar-refractivity contribution in [3.63, 3.8) is 0 Å². The number of ether oxygens (including phenoxy) is 1. The Balaban J connectivity index is 1.64. The fraction of sp³-hybridized carbons (Fsp3) is 0.353. The van der Waals surface area contributed by atoms with Gasteiger partial charge >= 0.3 is 0 Å². The molecule has 2 aromatic rings. The molecule has 21 heavy (non-hydrogen) atoms. The molecule has 1 aromatic heterocycles. The monoisotopic (exact) mass is 284 g/mol. The van der Waals surface area contributed by atoms with Crippen LogP contribution >= 0.6 is 0 Å². The zero-order valence-electron chi connectivity index (χ0n) is 12.2. The summed E-state index contributed by atoms with van der Waals surface area (Å²) >= 11 is 0. The highest BCUT2D eigenvalue weighted by atomic mass is 16.5. The Labute approximate surface area is 124 Å². The zero-order valence-corrected chi connectivity index (χ0v) is 12.2. The first kappa shape index (κ1) is 13.7. The first-order chi connectivity index (χ1) is 10.3. The third-order valence-electron chi connectivity index (χ3n) is 4.12. The zero-order chi connectivity index (χ0) is 14.7. The van der Waals surface area contributed by atoms with Gasteiger partial charge in [0.2, 0.25) is 0 Å². The van der Waals surface area contributed by atoms with E-state index in [0.29, 0.717) is 11.6 Å². The summed E-state index contributed by atoms with van der Waals surface area (Å²) < 4.78 is 7.43. The SMILES string of the molecule is COc1cccc(C(=O)N2CCC(n3cccc3)CC2)c1. The van der Waals surface area contributed by atoms with E-state index in [-0.39, 0.29) is 5.91 Å². The maximum absolute atomic E-state index is 12.5. The van der Waals surface area contributed by atoms with E-state index in [1.165, 1.54) is 0 Å². The van der Waals surface area contributed by atoms with E-state index in [2.05, 4.69) is 17.0 Å². The van der Waals surface area contributed by atoms with E-state index in [4.69, 9.17) is 4.74 Å². The van der Waals surface area contributed by atoms with Crippen LogP contribution in [0.5, 0.6) is 5.75 Å². The fourth-order valence-electron chi connectivity index (χ4n) is 2.90. The molecule has 0 N–H and O–H groups in total. The number of likely N-dealkylation sites (tertiary alicyclic amines) is 1. The second kappa shape index (κ2) is 6.04. The number of hydrogen-bond donors (Lipinski definition) is 0. The number of carbonyl (C=O) groups excluding carboxylic acids is 1. The van der Waals surface area contributed by atoms with Crippen LogP contribution in [-0.2, 0) is 0 Å². The summed E-state index contributed by atoms with van der Waals surface area (Å²) in [7, 11) is 1.62. The van der Waals surface area contributed by atoms with E-state index in [1.807, 2.05) is 35.2 Å². The maximum Gasteiger partial charge on any atom is 0.253 e. The summed E-state index contributed by atoms with van der Waals surface area (Å²) in [6, 6.07) is 12.0. The number of rotatable bonds is 3. The Morgan fingerprint density at radius 2 is 1.86 bits per heavy atom. The molecule has 1 aliphatic heterocycles. The van der Waals surface area contributed by atoms with Crippen LogP contribution in [0.3, 0.4) is 0 Å². The average Bonchev–Trinajstić information content (AvgIpc) is 3.09. The summed E-state index contributed by atoms with van der Waals surface area (Å²) in [5.41, 5.74) is 0.703. The number of nitrogens with zero attached hydrogens (tertiary/aromatic N) is 2. The average molecular weight is 284 g/mol. The lowest BCUT2D eigenvalue weighted by molar-refractivity contribution is 0.0694. The molecule has 0 aliphatic carbocycles. The Morgan fingerprint density at radius 1 is 1.14 bits per heavy atom. The van der Waals surface area contributed by atoms with Crippen molar-refractivity contribution in [3.8, 4) is 5.75 Å². The Hall–Kier alpha value is -2.23. The van der Waals surface area contributed by atoms with Crippen molar-refractivity contribution in [2.24, 2.45) is 0 Å². The molecule has 0 radical (unpaired) electrons. The third-order valence-corrected chi connectivity index (χ3v) is 4.12. The standard InChI is InChI=1S/C17H20N2O2/c1-21-16-6-4-5-14(13-16)17(20)19-11-7-15(8-12-19)18-9-2-3-10-18/h2-6,9-10,13,15H,7-8,11-12H2,1H3. The van der Waals surface area contributed by atoms with E-state index in [1.54, 1.807) is 13.2 Å². The molecule has 2 heterocycles. The summed E-state index contributed by atoms with van der Waals surface area (Å²) in [6.45, 7) is 1.61. The van der Waals surface area contributed by atoms with Gasteiger partial charge in [0.05, 0.1) is 7.11 Å². The fourth-order valence-corrected chi connectivity index (χ4v) is 2.90. The summed E-state index contributed by atoms with van der Waals surface area (Å²) in [4.78, 5) is 14.5. The van der Waals surface area contributed by atoms with Gasteiger partial charge in [-0.05, 0) is 43.2 Å². The predicted octanol–water partition coefficient (Wildman–Crippen LogP) is 2.97. The van der Waals surface area contributed by atoms with E-state index >= 15 is 0 Å². The third kappa shape index (κ3) is 2.94. The van der Waals surface area contributed by atoms with Gasteiger partial charge in [0.1, 0.15) is 5.75 Å². The van der Waals surface area contributed by atoms with Crippen LogP contribution in [0.25, 0.3) is 0 Å². The van der Waals surface area contributed by atoms with E-state index in [9.17, 15) is 4.79 Å². The van der Waals surface area contributed by atoms with Gasteiger partial charge in [0, 0.05) is 37.1 Å². The Morgan fingerprint density at radius 3 is 2.52 bits per heavy atom. The number of benzene rings is 1. The largest absolute Gasteiger partial charge is 0.497 e. The Kier molecular flexibility index (Phi) is 3.95. The molecule has 4 nitrogen and oxygen atoms in total.